The Kier molecular flexibility index (Phi) is 7.35. The van der Waals surface area contributed by atoms with E-state index in [2.05, 4.69) is 210 Å². The topological polar surface area (TPSA) is 15.3 Å². The molecule has 244 valence electrons. The average Bonchev–Trinajstić information content (AvgIpc) is 3.77. The Balaban J connectivity index is 1.23. The van der Waals surface area contributed by atoms with Gasteiger partial charge in [-0.15, -0.1) is 0 Å². The van der Waals surface area contributed by atoms with Crippen molar-refractivity contribution in [2.24, 2.45) is 0 Å². The zero-order valence-electron chi connectivity index (χ0n) is 28.7. The molecule has 2 nitrogen and oxygen atoms in total. The fraction of sp³-hybridized carbons (Fsp3) is 0.0204. The maximum absolute atomic E-state index is 4.20. The minimum absolute atomic E-state index is 0.195. The predicted octanol–water partition coefficient (Wildman–Crippen LogP) is 12.2. The van der Waals surface area contributed by atoms with Crippen LogP contribution in [0.4, 0.5) is 17.1 Å². The third kappa shape index (κ3) is 4.97. The fourth-order valence-corrected chi connectivity index (χ4v) is 8.44. The highest BCUT2D eigenvalue weighted by Gasteiger charge is 2.40. The monoisotopic (exact) mass is 662 g/mol. The molecule has 0 radical (unpaired) electrons. The van der Waals surface area contributed by atoms with Crippen LogP contribution in [0.5, 0.6) is 0 Å². The van der Waals surface area contributed by atoms with Crippen molar-refractivity contribution in [3.8, 4) is 33.4 Å². The quantitative estimate of drug-likeness (QED) is 0.178. The standard InChI is InChI=1S/C49H35BN2/c1-3-16-34(17-4-1)37-30-32-46(42-24-11-9-22-40(37)42)51-50-49-39(36-20-7-8-21-36)27-15-28-45(49)44-26-13-14-29-47(44)52(50)48-33-31-38(35-18-5-2-6-19-35)41-23-10-12-25-43(41)48/h1-33,36,51H. The highest BCUT2D eigenvalue weighted by Crippen LogP contribution is 2.45. The zero-order chi connectivity index (χ0) is 34.4. The summed E-state index contributed by atoms with van der Waals surface area (Å²) in [6.45, 7) is -0.208. The lowest BCUT2D eigenvalue weighted by atomic mass is 9.56. The van der Waals surface area contributed by atoms with Gasteiger partial charge in [-0.05, 0) is 67.8 Å². The molecular weight excluding hydrogens is 627 g/mol. The summed E-state index contributed by atoms with van der Waals surface area (Å²) in [5.41, 5.74) is 13.5. The lowest BCUT2D eigenvalue weighted by Gasteiger charge is -2.40. The molecule has 0 spiro atoms. The number of allylic oxidation sites excluding steroid dienone is 4. The molecule has 3 heteroatoms. The number of nitrogens with zero attached hydrogens (tertiary/aromatic N) is 1. The Bertz CT molecular complexity index is 2670. The summed E-state index contributed by atoms with van der Waals surface area (Å²) in [5, 5.41) is 9.09. The predicted molar refractivity (Wildman–Crippen MR) is 223 cm³/mol. The molecule has 0 amide bonds. The van der Waals surface area contributed by atoms with Gasteiger partial charge in [0.2, 0.25) is 0 Å². The van der Waals surface area contributed by atoms with Crippen molar-refractivity contribution in [3.05, 3.63) is 206 Å². The van der Waals surface area contributed by atoms with E-state index in [-0.39, 0.29) is 12.9 Å². The molecule has 0 saturated heterocycles. The van der Waals surface area contributed by atoms with Gasteiger partial charge in [0.25, 0.3) is 0 Å². The number of fused-ring (bicyclic) bond motifs is 5. The Morgan fingerprint density at radius 2 is 0.962 bits per heavy atom. The van der Waals surface area contributed by atoms with Crippen molar-refractivity contribution < 1.29 is 0 Å². The van der Waals surface area contributed by atoms with E-state index in [1.807, 2.05) is 0 Å². The number of rotatable bonds is 6. The molecule has 8 aromatic rings. The molecule has 0 saturated carbocycles. The molecule has 8 aromatic carbocycles. The van der Waals surface area contributed by atoms with Gasteiger partial charge in [0.1, 0.15) is 0 Å². The molecule has 52 heavy (non-hydrogen) atoms. The van der Waals surface area contributed by atoms with E-state index < -0.39 is 0 Å². The lowest BCUT2D eigenvalue weighted by molar-refractivity contribution is 1.11. The van der Waals surface area contributed by atoms with Gasteiger partial charge in [-0.2, -0.15) is 0 Å². The molecule has 2 aliphatic rings. The second-order valence-corrected chi connectivity index (χ2v) is 13.7. The highest BCUT2D eigenvalue weighted by atomic mass is 15.2. The van der Waals surface area contributed by atoms with Crippen molar-refractivity contribution in [3.63, 3.8) is 0 Å². The molecule has 0 fully saturated rings. The van der Waals surface area contributed by atoms with E-state index in [1.54, 1.807) is 0 Å². The van der Waals surface area contributed by atoms with Crippen LogP contribution < -0.4 is 15.5 Å². The van der Waals surface area contributed by atoms with Crippen molar-refractivity contribution >= 4 is 51.1 Å². The molecular formula is C49H35BN2. The van der Waals surface area contributed by atoms with E-state index in [0.717, 1.165) is 5.69 Å². The molecule has 1 N–H and O–H groups in total. The summed E-state index contributed by atoms with van der Waals surface area (Å²) >= 11 is 0. The number of anilines is 3. The van der Waals surface area contributed by atoms with Gasteiger partial charge in [0, 0.05) is 39.3 Å². The second kappa shape index (κ2) is 12.6. The van der Waals surface area contributed by atoms with Crippen LogP contribution in [-0.2, 0) is 0 Å². The summed E-state index contributed by atoms with van der Waals surface area (Å²) in [7, 11) is 0. The number of nitrogens with one attached hydrogen (secondary N) is 1. The Morgan fingerprint density at radius 1 is 0.404 bits per heavy atom. The van der Waals surface area contributed by atoms with E-state index in [0.29, 0.717) is 0 Å². The summed E-state index contributed by atoms with van der Waals surface area (Å²) in [6.07, 6.45) is 8.97. The first-order chi connectivity index (χ1) is 25.8. The molecule has 0 atom stereocenters. The maximum Gasteiger partial charge on any atom is 0.414 e. The van der Waals surface area contributed by atoms with Gasteiger partial charge in [-0.25, -0.2) is 0 Å². The van der Waals surface area contributed by atoms with Crippen LogP contribution in [0.2, 0.25) is 0 Å². The van der Waals surface area contributed by atoms with Gasteiger partial charge in [-0.1, -0.05) is 182 Å². The third-order valence-electron chi connectivity index (χ3n) is 10.8. The SMILES string of the molecule is C1=CC(c2cccc3c2B(Nc2ccc(-c4ccccc4)c4ccccc24)N(c2ccc(-c4ccccc4)c4ccccc24)c2ccccc2-3)C=C1. The number of hydrogen-bond acceptors (Lipinski definition) is 2. The maximum atomic E-state index is 4.20. The Hall–Kier alpha value is -6.58. The van der Waals surface area contributed by atoms with Crippen molar-refractivity contribution in [2.75, 3.05) is 10.0 Å². The van der Waals surface area contributed by atoms with Crippen LogP contribution in [0, 0.1) is 0 Å². The highest BCUT2D eigenvalue weighted by molar-refractivity contribution is 6.83. The summed E-state index contributed by atoms with van der Waals surface area (Å²) in [4.78, 5) is 2.56. The number of benzene rings is 8. The third-order valence-corrected chi connectivity index (χ3v) is 10.8. The first-order valence-electron chi connectivity index (χ1n) is 18.1. The first-order valence-corrected chi connectivity index (χ1v) is 18.1. The minimum Gasteiger partial charge on any atom is -0.405 e. The lowest BCUT2D eigenvalue weighted by Crippen LogP contribution is -2.56. The smallest absolute Gasteiger partial charge is 0.405 e. The summed E-state index contributed by atoms with van der Waals surface area (Å²) < 4.78 is 0. The summed E-state index contributed by atoms with van der Waals surface area (Å²) in [6, 6.07) is 64.1. The van der Waals surface area contributed by atoms with Crippen LogP contribution in [0.15, 0.2) is 200 Å². The van der Waals surface area contributed by atoms with Crippen LogP contribution in [-0.4, -0.2) is 6.98 Å². The van der Waals surface area contributed by atoms with Crippen molar-refractivity contribution in [1.29, 1.82) is 0 Å². The second-order valence-electron chi connectivity index (χ2n) is 13.7. The molecule has 0 aromatic heterocycles. The Morgan fingerprint density at radius 3 is 1.67 bits per heavy atom. The van der Waals surface area contributed by atoms with E-state index in [4.69, 9.17) is 0 Å². The van der Waals surface area contributed by atoms with E-state index >= 15 is 0 Å². The van der Waals surface area contributed by atoms with Gasteiger partial charge in [-0.3, -0.25) is 0 Å². The van der Waals surface area contributed by atoms with Gasteiger partial charge in [0.15, 0.2) is 0 Å². The minimum atomic E-state index is -0.208. The molecule has 10 rings (SSSR count). The van der Waals surface area contributed by atoms with Crippen molar-refractivity contribution in [2.45, 2.75) is 5.92 Å². The average molecular weight is 663 g/mol. The van der Waals surface area contributed by atoms with E-state index in [1.165, 1.54) is 77.3 Å². The number of para-hydroxylation sites is 1. The van der Waals surface area contributed by atoms with Gasteiger partial charge >= 0.3 is 6.98 Å². The first kappa shape index (κ1) is 30.3. The molecule has 1 aliphatic heterocycles. The van der Waals surface area contributed by atoms with Crippen LogP contribution in [0.25, 0.3) is 54.9 Å². The fourth-order valence-electron chi connectivity index (χ4n) is 8.44. The zero-order valence-corrected chi connectivity index (χ0v) is 28.7. The van der Waals surface area contributed by atoms with Crippen LogP contribution >= 0.6 is 0 Å². The molecule has 1 aliphatic carbocycles. The van der Waals surface area contributed by atoms with Crippen LogP contribution in [0.3, 0.4) is 0 Å². The normalized spacial score (nSPS) is 13.5. The molecule has 1 heterocycles. The number of hydrogen-bond donors (Lipinski definition) is 1. The van der Waals surface area contributed by atoms with Crippen LogP contribution in [0.1, 0.15) is 11.5 Å². The van der Waals surface area contributed by atoms with Crippen molar-refractivity contribution in [1.82, 2.24) is 0 Å². The largest absolute Gasteiger partial charge is 0.414 e. The Labute approximate surface area is 305 Å². The molecule has 0 bridgehead atoms. The van der Waals surface area contributed by atoms with Gasteiger partial charge < -0.3 is 10.0 Å². The molecule has 0 unspecified atom stereocenters. The van der Waals surface area contributed by atoms with E-state index in [9.17, 15) is 0 Å². The van der Waals surface area contributed by atoms with Gasteiger partial charge in [0.05, 0.1) is 0 Å². The summed E-state index contributed by atoms with van der Waals surface area (Å²) in [5.74, 6) is 0.195.